The fourth-order valence-electron chi connectivity index (χ4n) is 3.31. The zero-order chi connectivity index (χ0) is 17.4. The fraction of sp³-hybridized carbons (Fsp3) is 0.650. The summed E-state index contributed by atoms with van der Waals surface area (Å²) in [5.74, 6) is 0.644. The molecule has 0 atom stereocenters. The van der Waals surface area contributed by atoms with Crippen LogP contribution in [0.25, 0.3) is 0 Å². The van der Waals surface area contributed by atoms with Crippen molar-refractivity contribution >= 4 is 17.3 Å². The summed E-state index contributed by atoms with van der Waals surface area (Å²) in [4.78, 5) is 16.9. The predicted molar refractivity (Wildman–Crippen MR) is 103 cm³/mol. The van der Waals surface area contributed by atoms with Crippen LogP contribution in [0, 0.1) is 5.92 Å². The molecule has 0 bridgehead atoms. The van der Waals surface area contributed by atoms with Crippen molar-refractivity contribution in [2.75, 3.05) is 42.9 Å². The molecular formula is C20H33N3O. The highest BCUT2D eigenvalue weighted by atomic mass is 16.2. The Morgan fingerprint density at radius 1 is 1.12 bits per heavy atom. The van der Waals surface area contributed by atoms with Gasteiger partial charge in [-0.3, -0.25) is 9.69 Å². The molecule has 0 spiro atoms. The standard InChI is InChI=1S/C20H33N3O/c1-4-22(15-17(2)3)16-20(24)21-18-9-11-19(12-10-18)23-13-7-5-6-8-14-23/h9-12,17H,4-8,13-16H2,1-3H3,(H,21,24). The molecule has 1 aromatic rings. The first-order chi connectivity index (χ1) is 11.6. The molecule has 4 nitrogen and oxygen atoms in total. The minimum atomic E-state index is 0.0695. The fourth-order valence-corrected chi connectivity index (χ4v) is 3.31. The lowest BCUT2D eigenvalue weighted by Gasteiger charge is -2.23. The van der Waals surface area contributed by atoms with Crippen molar-refractivity contribution in [3.8, 4) is 0 Å². The lowest BCUT2D eigenvalue weighted by atomic mass is 10.2. The van der Waals surface area contributed by atoms with E-state index in [0.29, 0.717) is 12.5 Å². The Bertz CT molecular complexity index is 490. The summed E-state index contributed by atoms with van der Waals surface area (Å²) in [6, 6.07) is 8.31. The van der Waals surface area contributed by atoms with E-state index in [1.807, 2.05) is 12.1 Å². The van der Waals surface area contributed by atoms with Gasteiger partial charge < -0.3 is 10.2 Å². The first-order valence-corrected chi connectivity index (χ1v) is 9.45. The third-order valence-corrected chi connectivity index (χ3v) is 4.56. The molecule has 1 aromatic carbocycles. The smallest absolute Gasteiger partial charge is 0.238 e. The summed E-state index contributed by atoms with van der Waals surface area (Å²) in [7, 11) is 0. The number of nitrogens with zero attached hydrogens (tertiary/aromatic N) is 2. The van der Waals surface area contributed by atoms with Gasteiger partial charge in [-0.15, -0.1) is 0 Å². The topological polar surface area (TPSA) is 35.6 Å². The van der Waals surface area contributed by atoms with Gasteiger partial charge in [-0.25, -0.2) is 0 Å². The second-order valence-corrected chi connectivity index (χ2v) is 7.22. The van der Waals surface area contributed by atoms with Gasteiger partial charge in [-0.05, 0) is 49.6 Å². The van der Waals surface area contributed by atoms with Gasteiger partial charge in [-0.1, -0.05) is 33.6 Å². The Labute approximate surface area is 147 Å². The second kappa shape index (κ2) is 9.67. The van der Waals surface area contributed by atoms with E-state index in [2.05, 4.69) is 48.0 Å². The number of hydrogen-bond donors (Lipinski definition) is 1. The molecule has 1 fully saturated rings. The van der Waals surface area contributed by atoms with Gasteiger partial charge in [0, 0.05) is 31.0 Å². The third kappa shape index (κ3) is 6.16. The molecule has 1 aliphatic heterocycles. The van der Waals surface area contributed by atoms with Gasteiger partial charge in [0.25, 0.3) is 0 Å². The number of carbonyl (C=O) groups is 1. The van der Waals surface area contributed by atoms with Crippen molar-refractivity contribution in [1.82, 2.24) is 4.90 Å². The minimum absolute atomic E-state index is 0.0695. The summed E-state index contributed by atoms with van der Waals surface area (Å²) >= 11 is 0. The van der Waals surface area contributed by atoms with Crippen molar-refractivity contribution in [2.45, 2.75) is 46.5 Å². The Morgan fingerprint density at radius 3 is 2.29 bits per heavy atom. The highest BCUT2D eigenvalue weighted by molar-refractivity contribution is 5.92. The predicted octanol–water partition coefficient (Wildman–Crippen LogP) is 3.98. The van der Waals surface area contributed by atoms with E-state index in [1.54, 1.807) is 0 Å². The number of rotatable bonds is 7. The van der Waals surface area contributed by atoms with E-state index in [9.17, 15) is 4.79 Å². The summed E-state index contributed by atoms with van der Waals surface area (Å²) in [5, 5.41) is 3.02. The molecule has 0 aliphatic carbocycles. The molecule has 1 aliphatic rings. The van der Waals surface area contributed by atoms with E-state index in [4.69, 9.17) is 0 Å². The average Bonchev–Trinajstić information content (AvgIpc) is 2.83. The van der Waals surface area contributed by atoms with Crippen molar-refractivity contribution < 1.29 is 4.79 Å². The molecule has 1 saturated heterocycles. The molecular weight excluding hydrogens is 298 g/mol. The molecule has 1 amide bonds. The van der Waals surface area contributed by atoms with Gasteiger partial charge in [0.2, 0.25) is 5.91 Å². The molecule has 4 heteroatoms. The van der Waals surface area contributed by atoms with E-state index in [0.717, 1.165) is 31.9 Å². The number of carbonyl (C=O) groups excluding carboxylic acids is 1. The van der Waals surface area contributed by atoms with Crippen LogP contribution < -0.4 is 10.2 Å². The van der Waals surface area contributed by atoms with Gasteiger partial charge >= 0.3 is 0 Å². The number of amides is 1. The first kappa shape index (κ1) is 18.8. The third-order valence-electron chi connectivity index (χ3n) is 4.56. The zero-order valence-corrected chi connectivity index (χ0v) is 15.6. The normalized spacial score (nSPS) is 15.6. The zero-order valence-electron chi connectivity index (χ0n) is 15.6. The maximum atomic E-state index is 12.2. The van der Waals surface area contributed by atoms with Crippen LogP contribution in [0.4, 0.5) is 11.4 Å². The molecule has 134 valence electrons. The molecule has 2 rings (SSSR count). The summed E-state index contributed by atoms with van der Waals surface area (Å²) in [5.41, 5.74) is 2.16. The molecule has 1 N–H and O–H groups in total. The van der Waals surface area contributed by atoms with Crippen molar-refractivity contribution in [3.63, 3.8) is 0 Å². The number of benzene rings is 1. The van der Waals surface area contributed by atoms with Crippen LogP contribution in [0.1, 0.15) is 46.5 Å². The monoisotopic (exact) mass is 331 g/mol. The number of likely N-dealkylation sites (N-methyl/N-ethyl adjacent to an activating group) is 1. The van der Waals surface area contributed by atoms with Crippen LogP contribution >= 0.6 is 0 Å². The quantitative estimate of drug-likeness (QED) is 0.821. The largest absolute Gasteiger partial charge is 0.372 e. The Morgan fingerprint density at radius 2 is 1.75 bits per heavy atom. The van der Waals surface area contributed by atoms with E-state index in [1.165, 1.54) is 31.4 Å². The Balaban J connectivity index is 1.87. The summed E-state index contributed by atoms with van der Waals surface area (Å²) in [6.07, 6.45) is 5.24. The van der Waals surface area contributed by atoms with Crippen LogP contribution in [-0.4, -0.2) is 43.5 Å². The van der Waals surface area contributed by atoms with Gasteiger partial charge in [0.15, 0.2) is 0 Å². The SMILES string of the molecule is CCN(CC(=O)Nc1ccc(N2CCCCCC2)cc1)CC(C)C. The molecule has 1 heterocycles. The van der Waals surface area contributed by atoms with Crippen LogP contribution in [-0.2, 0) is 4.79 Å². The van der Waals surface area contributed by atoms with Gasteiger partial charge in [-0.2, -0.15) is 0 Å². The van der Waals surface area contributed by atoms with Crippen LogP contribution in [0.3, 0.4) is 0 Å². The van der Waals surface area contributed by atoms with Crippen LogP contribution in [0.15, 0.2) is 24.3 Å². The number of nitrogens with one attached hydrogen (secondary N) is 1. The maximum absolute atomic E-state index is 12.2. The number of hydrogen-bond acceptors (Lipinski definition) is 3. The second-order valence-electron chi connectivity index (χ2n) is 7.22. The van der Waals surface area contributed by atoms with Crippen molar-refractivity contribution in [1.29, 1.82) is 0 Å². The summed E-state index contributed by atoms with van der Waals surface area (Å²) < 4.78 is 0. The lowest BCUT2D eigenvalue weighted by Crippen LogP contribution is -2.35. The van der Waals surface area contributed by atoms with Crippen molar-refractivity contribution in [3.05, 3.63) is 24.3 Å². The van der Waals surface area contributed by atoms with Crippen LogP contribution in [0.2, 0.25) is 0 Å². The highest BCUT2D eigenvalue weighted by Crippen LogP contribution is 2.21. The number of anilines is 2. The Kier molecular flexibility index (Phi) is 7.57. The van der Waals surface area contributed by atoms with Gasteiger partial charge in [0.1, 0.15) is 0 Å². The van der Waals surface area contributed by atoms with Gasteiger partial charge in [0.05, 0.1) is 6.54 Å². The maximum Gasteiger partial charge on any atom is 0.238 e. The summed E-state index contributed by atoms with van der Waals surface area (Å²) in [6.45, 7) is 11.1. The molecule has 0 saturated carbocycles. The highest BCUT2D eigenvalue weighted by Gasteiger charge is 2.12. The molecule has 0 aromatic heterocycles. The molecule has 24 heavy (non-hydrogen) atoms. The first-order valence-electron chi connectivity index (χ1n) is 9.45. The van der Waals surface area contributed by atoms with Crippen LogP contribution in [0.5, 0.6) is 0 Å². The lowest BCUT2D eigenvalue weighted by molar-refractivity contribution is -0.117. The molecule has 0 radical (unpaired) electrons. The van der Waals surface area contributed by atoms with E-state index in [-0.39, 0.29) is 5.91 Å². The Hall–Kier alpha value is -1.55. The minimum Gasteiger partial charge on any atom is -0.372 e. The van der Waals surface area contributed by atoms with Crippen molar-refractivity contribution in [2.24, 2.45) is 5.92 Å². The van der Waals surface area contributed by atoms with E-state index >= 15 is 0 Å². The molecule has 0 unspecified atom stereocenters. The average molecular weight is 332 g/mol. The van der Waals surface area contributed by atoms with E-state index < -0.39 is 0 Å².